The number of esters is 1. The second-order valence-electron chi connectivity index (χ2n) is 20.3. The van der Waals surface area contributed by atoms with E-state index in [-0.39, 0.29) is 18.5 Å². The maximum absolute atomic E-state index is 12.5. The minimum atomic E-state index is -0.854. The third-order valence-corrected chi connectivity index (χ3v) is 13.7. The van der Waals surface area contributed by atoms with Gasteiger partial charge in [-0.3, -0.25) is 9.59 Å². The van der Waals surface area contributed by atoms with Crippen LogP contribution in [0, 0.1) is 0 Å². The normalized spacial score (nSPS) is 12.7. The van der Waals surface area contributed by atoms with Gasteiger partial charge in [-0.1, -0.05) is 276 Å². The summed E-state index contributed by atoms with van der Waals surface area (Å²) in [5, 5.41) is 23.1. The fraction of sp³-hybridized carbons (Fsp3) is 0.900. The standard InChI is InChI=1S/C60H115NO5/c1-3-5-7-9-11-13-15-17-19-21-26-30-34-38-42-46-50-54-60(65)66-55-51-47-43-39-35-31-27-23-22-25-29-33-37-41-45-49-53-59(64)61-57(56-62)58(63)52-48-44-40-36-32-28-24-20-18-16-14-12-10-8-6-4-2/h22,25,48,52,57-58,62-63H,3-21,23-24,26-47,49-51,53-56H2,1-2H3,(H,61,64)/b25-22-,52-48+. The van der Waals surface area contributed by atoms with Crippen molar-refractivity contribution in [2.75, 3.05) is 13.2 Å². The molecule has 3 N–H and O–H groups in total. The summed E-state index contributed by atoms with van der Waals surface area (Å²) in [6, 6.07) is -0.640. The molecule has 0 saturated carbocycles. The molecule has 2 unspecified atom stereocenters. The van der Waals surface area contributed by atoms with E-state index < -0.39 is 12.1 Å². The Morgan fingerprint density at radius 2 is 0.712 bits per heavy atom. The van der Waals surface area contributed by atoms with Crippen molar-refractivity contribution >= 4 is 11.9 Å². The van der Waals surface area contributed by atoms with Crippen LogP contribution in [-0.4, -0.2) is 47.4 Å². The smallest absolute Gasteiger partial charge is 0.305 e. The molecule has 2 atom stereocenters. The van der Waals surface area contributed by atoms with Crippen molar-refractivity contribution in [3.63, 3.8) is 0 Å². The molecule has 0 radical (unpaired) electrons. The molecule has 6 heteroatoms. The maximum atomic E-state index is 12.5. The van der Waals surface area contributed by atoms with Crippen molar-refractivity contribution in [1.29, 1.82) is 0 Å². The van der Waals surface area contributed by atoms with E-state index in [1.54, 1.807) is 6.08 Å². The first-order valence-corrected chi connectivity index (χ1v) is 29.6. The molecule has 66 heavy (non-hydrogen) atoms. The van der Waals surface area contributed by atoms with E-state index in [0.717, 1.165) is 64.2 Å². The fourth-order valence-corrected chi connectivity index (χ4v) is 9.16. The van der Waals surface area contributed by atoms with E-state index in [0.29, 0.717) is 19.4 Å². The summed E-state index contributed by atoms with van der Waals surface area (Å²) < 4.78 is 5.48. The molecule has 0 rings (SSSR count). The number of hydrogen-bond donors (Lipinski definition) is 3. The van der Waals surface area contributed by atoms with Crippen LogP contribution in [0.2, 0.25) is 0 Å². The number of carbonyl (C=O) groups is 2. The Labute approximate surface area is 411 Å². The number of hydrogen-bond acceptors (Lipinski definition) is 5. The lowest BCUT2D eigenvalue weighted by Crippen LogP contribution is -2.45. The van der Waals surface area contributed by atoms with E-state index in [1.165, 1.54) is 231 Å². The van der Waals surface area contributed by atoms with Crippen LogP contribution in [0.1, 0.15) is 322 Å². The number of aliphatic hydroxyl groups excluding tert-OH is 2. The highest BCUT2D eigenvalue weighted by Crippen LogP contribution is 2.17. The molecule has 0 bridgehead atoms. The zero-order valence-electron chi connectivity index (χ0n) is 44.4. The second-order valence-corrected chi connectivity index (χ2v) is 20.3. The third-order valence-electron chi connectivity index (χ3n) is 13.7. The van der Waals surface area contributed by atoms with Gasteiger partial charge in [0.05, 0.1) is 25.4 Å². The highest BCUT2D eigenvalue weighted by molar-refractivity contribution is 5.76. The number of unbranched alkanes of at least 4 members (excludes halogenated alkanes) is 42. The predicted molar refractivity (Wildman–Crippen MR) is 287 cm³/mol. The monoisotopic (exact) mass is 930 g/mol. The van der Waals surface area contributed by atoms with Gasteiger partial charge in [0.15, 0.2) is 0 Å². The summed E-state index contributed by atoms with van der Waals surface area (Å²) in [4.78, 5) is 24.5. The third kappa shape index (κ3) is 51.7. The van der Waals surface area contributed by atoms with E-state index in [1.807, 2.05) is 6.08 Å². The molecule has 1 amide bonds. The van der Waals surface area contributed by atoms with Crippen LogP contribution in [0.15, 0.2) is 24.3 Å². The van der Waals surface area contributed by atoms with Gasteiger partial charge in [0.25, 0.3) is 0 Å². The topological polar surface area (TPSA) is 95.9 Å². The van der Waals surface area contributed by atoms with Gasteiger partial charge in [0.1, 0.15) is 0 Å². The van der Waals surface area contributed by atoms with Crippen molar-refractivity contribution in [3.8, 4) is 0 Å². The molecule has 0 heterocycles. The number of aliphatic hydroxyl groups is 2. The summed E-state index contributed by atoms with van der Waals surface area (Å²) in [5.41, 5.74) is 0. The van der Waals surface area contributed by atoms with Crippen LogP contribution in [0.4, 0.5) is 0 Å². The van der Waals surface area contributed by atoms with Gasteiger partial charge in [0.2, 0.25) is 5.91 Å². The summed E-state index contributed by atoms with van der Waals surface area (Å²) in [6.45, 7) is 4.90. The molecule has 0 fully saturated rings. The van der Waals surface area contributed by atoms with E-state index >= 15 is 0 Å². The minimum absolute atomic E-state index is 0.000321. The molecular formula is C60H115NO5. The largest absolute Gasteiger partial charge is 0.466 e. The number of nitrogens with one attached hydrogen (secondary N) is 1. The molecule has 0 saturated heterocycles. The average molecular weight is 931 g/mol. The van der Waals surface area contributed by atoms with Crippen molar-refractivity contribution in [2.45, 2.75) is 334 Å². The van der Waals surface area contributed by atoms with Crippen molar-refractivity contribution in [1.82, 2.24) is 5.32 Å². The van der Waals surface area contributed by atoms with Crippen LogP contribution in [0.25, 0.3) is 0 Å². The molecule has 390 valence electrons. The Bertz CT molecular complexity index is 1030. The van der Waals surface area contributed by atoms with Gasteiger partial charge in [0, 0.05) is 12.8 Å². The molecule has 0 aromatic rings. The van der Waals surface area contributed by atoms with Crippen molar-refractivity contribution < 1.29 is 24.5 Å². The molecule has 0 aromatic carbocycles. The SMILES string of the molecule is CCCCCCCCCCCCCCCC/C=C/C(O)C(CO)NC(=O)CCCCCCC/C=C\CCCCCCCCCOC(=O)CCCCCCCCCCCCCCCCCCC. The second kappa shape index (κ2) is 55.9. The molecule has 6 nitrogen and oxygen atoms in total. The minimum Gasteiger partial charge on any atom is -0.466 e. The molecular weight excluding hydrogens is 815 g/mol. The molecule has 0 spiro atoms. The first kappa shape index (κ1) is 64.3. The lowest BCUT2D eigenvalue weighted by molar-refractivity contribution is -0.143. The number of amides is 1. The van der Waals surface area contributed by atoms with Gasteiger partial charge in [-0.05, 0) is 57.8 Å². The van der Waals surface area contributed by atoms with Crippen molar-refractivity contribution in [3.05, 3.63) is 24.3 Å². The van der Waals surface area contributed by atoms with Gasteiger partial charge in [-0.2, -0.15) is 0 Å². The quantitative estimate of drug-likeness (QED) is 0.0321. The molecule has 0 aliphatic carbocycles. The summed E-state index contributed by atoms with van der Waals surface area (Å²) >= 11 is 0. The number of allylic oxidation sites excluding steroid dienone is 3. The highest BCUT2D eigenvalue weighted by atomic mass is 16.5. The number of ether oxygens (including phenoxy) is 1. The Hall–Kier alpha value is -1.66. The van der Waals surface area contributed by atoms with E-state index in [4.69, 9.17) is 4.74 Å². The van der Waals surface area contributed by atoms with Gasteiger partial charge in [-0.15, -0.1) is 0 Å². The maximum Gasteiger partial charge on any atom is 0.305 e. The van der Waals surface area contributed by atoms with Gasteiger partial charge >= 0.3 is 5.97 Å². The van der Waals surface area contributed by atoms with Crippen molar-refractivity contribution in [2.24, 2.45) is 0 Å². The number of rotatable bonds is 55. The van der Waals surface area contributed by atoms with Crippen LogP contribution in [-0.2, 0) is 14.3 Å². The first-order chi connectivity index (χ1) is 32.5. The van der Waals surface area contributed by atoms with Crippen LogP contribution in [0.5, 0.6) is 0 Å². The Morgan fingerprint density at radius 1 is 0.409 bits per heavy atom. The van der Waals surface area contributed by atoms with Crippen LogP contribution >= 0.6 is 0 Å². The summed E-state index contributed by atoms with van der Waals surface area (Å²) in [5.74, 6) is -0.0830. The van der Waals surface area contributed by atoms with Gasteiger partial charge in [-0.25, -0.2) is 0 Å². The average Bonchev–Trinajstić information content (AvgIpc) is 3.32. The zero-order valence-corrected chi connectivity index (χ0v) is 44.4. The van der Waals surface area contributed by atoms with E-state index in [2.05, 4.69) is 31.3 Å². The van der Waals surface area contributed by atoms with Gasteiger partial charge < -0.3 is 20.3 Å². The number of carbonyl (C=O) groups excluding carboxylic acids is 2. The molecule has 0 aliphatic rings. The Balaban J connectivity index is 3.47. The van der Waals surface area contributed by atoms with Crippen LogP contribution in [0.3, 0.4) is 0 Å². The van der Waals surface area contributed by atoms with Crippen LogP contribution < -0.4 is 5.32 Å². The molecule has 0 aliphatic heterocycles. The lowest BCUT2D eigenvalue weighted by Gasteiger charge is -2.20. The Morgan fingerprint density at radius 3 is 1.08 bits per heavy atom. The summed E-state index contributed by atoms with van der Waals surface area (Å²) in [6.07, 6.45) is 67.7. The van der Waals surface area contributed by atoms with E-state index in [9.17, 15) is 19.8 Å². The molecule has 0 aromatic heterocycles. The Kier molecular flexibility index (Phi) is 54.5. The highest BCUT2D eigenvalue weighted by Gasteiger charge is 2.18. The lowest BCUT2D eigenvalue weighted by atomic mass is 10.0. The predicted octanol–water partition coefficient (Wildman–Crippen LogP) is 18.2. The zero-order chi connectivity index (χ0) is 47.9. The first-order valence-electron chi connectivity index (χ1n) is 29.6. The fourth-order valence-electron chi connectivity index (χ4n) is 9.16. The summed E-state index contributed by atoms with van der Waals surface area (Å²) in [7, 11) is 0.